The predicted molar refractivity (Wildman–Crippen MR) is 143 cm³/mol. The molecule has 0 amide bonds. The molecular formula is C29H33N3O5. The Hall–Kier alpha value is -3.30. The molecule has 0 spiro atoms. The number of fused-ring (bicyclic) bond motifs is 3. The molecule has 1 aliphatic heterocycles. The Bertz CT molecular complexity index is 1380. The third kappa shape index (κ3) is 4.98. The fourth-order valence-electron chi connectivity index (χ4n) is 4.98. The summed E-state index contributed by atoms with van der Waals surface area (Å²) in [4.78, 5) is 10.5. The molecule has 37 heavy (non-hydrogen) atoms. The van der Waals surface area contributed by atoms with Crippen molar-refractivity contribution in [3.8, 4) is 5.69 Å². The molecule has 1 saturated heterocycles. The molecule has 8 heteroatoms. The van der Waals surface area contributed by atoms with Crippen molar-refractivity contribution in [3.05, 3.63) is 72.1 Å². The Labute approximate surface area is 216 Å². The highest BCUT2D eigenvalue weighted by Gasteiger charge is 2.47. The monoisotopic (exact) mass is 503 g/mol. The summed E-state index contributed by atoms with van der Waals surface area (Å²) in [6, 6.07) is 18.8. The van der Waals surface area contributed by atoms with Crippen molar-refractivity contribution in [2.24, 2.45) is 5.16 Å². The maximum absolute atomic E-state index is 5.99. The van der Waals surface area contributed by atoms with Gasteiger partial charge in [0.05, 0.1) is 23.4 Å². The molecule has 0 aliphatic carbocycles. The van der Waals surface area contributed by atoms with Gasteiger partial charge in [-0.25, -0.2) is 4.98 Å². The minimum atomic E-state index is -0.718. The fraction of sp³-hybridized carbons (Fsp3) is 0.379. The number of imidazole rings is 1. The van der Waals surface area contributed by atoms with E-state index in [9.17, 15) is 0 Å². The lowest BCUT2D eigenvalue weighted by atomic mass is 9.99. The maximum atomic E-state index is 5.99. The van der Waals surface area contributed by atoms with Crippen LogP contribution in [0.15, 0.2) is 66.1 Å². The van der Waals surface area contributed by atoms with Crippen LogP contribution in [0.25, 0.3) is 27.5 Å². The molecule has 0 saturated carbocycles. The first kappa shape index (κ1) is 25.4. The normalized spacial score (nSPS) is 24.3. The van der Waals surface area contributed by atoms with E-state index in [0.717, 1.165) is 33.1 Å². The molecule has 3 aromatic carbocycles. The molecule has 0 unspecified atom stereocenters. The number of rotatable bonds is 8. The van der Waals surface area contributed by atoms with Gasteiger partial charge in [-0.15, -0.1) is 0 Å². The smallest absolute Gasteiger partial charge is 0.256 e. The van der Waals surface area contributed by atoms with Crippen LogP contribution in [0.5, 0.6) is 0 Å². The summed E-state index contributed by atoms with van der Waals surface area (Å²) in [6.45, 7) is 6.48. The van der Waals surface area contributed by atoms with Crippen molar-refractivity contribution in [1.82, 2.24) is 9.55 Å². The Balaban J connectivity index is 1.35. The molecular weight excluding hydrogens is 470 g/mol. The third-order valence-electron chi connectivity index (χ3n) is 6.87. The van der Waals surface area contributed by atoms with Crippen molar-refractivity contribution in [3.63, 3.8) is 0 Å². The summed E-state index contributed by atoms with van der Waals surface area (Å²) >= 11 is 0. The summed E-state index contributed by atoms with van der Waals surface area (Å²) in [5.41, 5.74) is 5.24. The third-order valence-corrected chi connectivity index (χ3v) is 6.87. The second-order valence-electron chi connectivity index (χ2n) is 9.23. The number of aryl methyl sites for hydroxylation is 1. The van der Waals surface area contributed by atoms with Gasteiger partial charge >= 0.3 is 0 Å². The minimum Gasteiger partial charge on any atom is -0.376 e. The number of methoxy groups -OCH3 is 2. The van der Waals surface area contributed by atoms with Crippen molar-refractivity contribution in [2.75, 3.05) is 20.8 Å². The Kier molecular flexibility index (Phi) is 7.53. The van der Waals surface area contributed by atoms with Crippen LogP contribution in [0.2, 0.25) is 0 Å². The van der Waals surface area contributed by atoms with Crippen LogP contribution in [0, 0.1) is 6.92 Å². The topological polar surface area (TPSA) is 76.3 Å². The van der Waals surface area contributed by atoms with Crippen molar-refractivity contribution in [1.29, 1.82) is 0 Å². The van der Waals surface area contributed by atoms with E-state index >= 15 is 0 Å². The second-order valence-corrected chi connectivity index (χ2v) is 9.23. The van der Waals surface area contributed by atoms with Gasteiger partial charge in [0, 0.05) is 31.9 Å². The molecule has 0 radical (unpaired) electrons. The van der Waals surface area contributed by atoms with E-state index in [-0.39, 0.29) is 18.3 Å². The molecule has 1 aromatic heterocycles. The Morgan fingerprint density at radius 2 is 1.78 bits per heavy atom. The van der Waals surface area contributed by atoms with Gasteiger partial charge in [-0.3, -0.25) is 4.57 Å². The number of hydrogen-bond donors (Lipinski definition) is 0. The van der Waals surface area contributed by atoms with Crippen molar-refractivity contribution >= 4 is 28.0 Å². The second kappa shape index (κ2) is 11.0. The van der Waals surface area contributed by atoms with Gasteiger partial charge in [0.25, 0.3) is 6.29 Å². The van der Waals surface area contributed by atoms with Crippen LogP contribution in [0.1, 0.15) is 25.0 Å². The number of oxime groups is 1. The van der Waals surface area contributed by atoms with E-state index in [1.165, 1.54) is 5.56 Å². The number of ether oxygens (including phenoxy) is 4. The molecule has 5 atom stereocenters. The first-order valence-corrected chi connectivity index (χ1v) is 12.5. The molecule has 4 aromatic rings. The van der Waals surface area contributed by atoms with Crippen LogP contribution in [0.4, 0.5) is 0 Å². The molecule has 0 N–H and O–H groups in total. The van der Waals surface area contributed by atoms with E-state index in [4.69, 9.17) is 28.8 Å². The molecule has 5 rings (SSSR count). The van der Waals surface area contributed by atoms with E-state index < -0.39 is 12.4 Å². The first-order chi connectivity index (χ1) is 18.0. The van der Waals surface area contributed by atoms with Crippen LogP contribution < -0.4 is 0 Å². The number of nitrogens with zero attached hydrogens (tertiary/aromatic N) is 3. The summed E-state index contributed by atoms with van der Waals surface area (Å²) in [6.07, 6.45) is 1.52. The maximum Gasteiger partial charge on any atom is 0.256 e. The van der Waals surface area contributed by atoms with Gasteiger partial charge < -0.3 is 23.8 Å². The minimum absolute atomic E-state index is 0.240. The van der Waals surface area contributed by atoms with Gasteiger partial charge in [0.1, 0.15) is 18.5 Å². The predicted octanol–water partition coefficient (Wildman–Crippen LogP) is 5.02. The summed E-state index contributed by atoms with van der Waals surface area (Å²) < 4.78 is 25.3. The zero-order valence-electron chi connectivity index (χ0n) is 21.8. The summed E-state index contributed by atoms with van der Waals surface area (Å²) in [5.74, 6) is 0. The van der Waals surface area contributed by atoms with Gasteiger partial charge in [-0.2, -0.15) is 0 Å². The van der Waals surface area contributed by atoms with Gasteiger partial charge in [-0.1, -0.05) is 41.1 Å². The first-order valence-electron chi connectivity index (χ1n) is 12.5. The number of hydrogen-bond acceptors (Lipinski definition) is 7. The molecule has 1 aliphatic rings. The SMILES string of the molecule is CCO[C@@H]1[C@@H](OC)[C@H](C)O[C@@H](O/N=C/c2ccc3c(ccc4c3ncn4-c3ccc(C)cc3)c2)[C@@H]1OC. The van der Waals surface area contributed by atoms with Crippen LogP contribution in [-0.2, 0) is 23.8 Å². The highest BCUT2D eigenvalue weighted by Crippen LogP contribution is 2.29. The zero-order valence-corrected chi connectivity index (χ0v) is 21.8. The number of aromatic nitrogens is 2. The van der Waals surface area contributed by atoms with E-state index in [1.807, 2.05) is 26.2 Å². The van der Waals surface area contributed by atoms with Crippen LogP contribution in [-0.4, -0.2) is 67.3 Å². The summed E-state index contributed by atoms with van der Waals surface area (Å²) in [7, 11) is 3.25. The van der Waals surface area contributed by atoms with Crippen molar-refractivity contribution in [2.45, 2.75) is 51.5 Å². The van der Waals surface area contributed by atoms with Crippen molar-refractivity contribution < 1.29 is 23.8 Å². The lowest BCUT2D eigenvalue weighted by Gasteiger charge is -2.42. The Morgan fingerprint density at radius 1 is 1.00 bits per heavy atom. The van der Waals surface area contributed by atoms with Gasteiger partial charge in [0.2, 0.25) is 0 Å². The number of benzene rings is 3. The lowest BCUT2D eigenvalue weighted by Crippen LogP contribution is -2.59. The molecule has 1 fully saturated rings. The average molecular weight is 504 g/mol. The zero-order chi connectivity index (χ0) is 25.9. The Morgan fingerprint density at radius 3 is 2.51 bits per heavy atom. The van der Waals surface area contributed by atoms with Crippen LogP contribution in [0.3, 0.4) is 0 Å². The fourth-order valence-corrected chi connectivity index (χ4v) is 4.98. The molecule has 8 nitrogen and oxygen atoms in total. The highest BCUT2D eigenvalue weighted by molar-refractivity contribution is 6.06. The standard InChI is InChI=1S/C29H33N3O5/c1-6-35-27-26(33-4)19(3)36-29(28(27)34-5)37-31-16-20-9-13-23-21(15-20)10-14-24-25(23)30-17-32(24)22-11-7-18(2)8-12-22/h7-17,19,26-29H,6H2,1-5H3/b31-16+/t19-,26-,27+,28+,29-/m0/s1. The van der Waals surface area contributed by atoms with E-state index in [1.54, 1.807) is 20.4 Å². The average Bonchev–Trinajstić information content (AvgIpc) is 3.34. The van der Waals surface area contributed by atoms with Gasteiger partial charge in [-0.05, 0) is 56.0 Å². The molecule has 194 valence electrons. The summed E-state index contributed by atoms with van der Waals surface area (Å²) in [5, 5.41) is 6.37. The van der Waals surface area contributed by atoms with E-state index in [2.05, 4.69) is 65.2 Å². The molecule has 2 heterocycles. The van der Waals surface area contributed by atoms with Gasteiger partial charge in [0.15, 0.2) is 6.10 Å². The van der Waals surface area contributed by atoms with E-state index in [0.29, 0.717) is 6.61 Å². The molecule has 0 bridgehead atoms. The lowest BCUT2D eigenvalue weighted by molar-refractivity contribution is -0.308. The van der Waals surface area contributed by atoms with Crippen LogP contribution >= 0.6 is 0 Å². The highest BCUT2D eigenvalue weighted by atomic mass is 16.8. The largest absolute Gasteiger partial charge is 0.376 e. The quantitative estimate of drug-likeness (QED) is 0.248.